The second-order valence-corrected chi connectivity index (χ2v) is 7.05. The quantitative estimate of drug-likeness (QED) is 0.0636. The van der Waals surface area contributed by atoms with Crippen LogP contribution in [0.1, 0.15) is 0 Å². The minimum Gasteiger partial charge on any atom is -0.378 e. The molecule has 0 unspecified atom stereocenters. The lowest BCUT2D eigenvalue weighted by molar-refractivity contribution is -0.131. The summed E-state index contributed by atoms with van der Waals surface area (Å²) in [4.78, 5) is 45.1. The molecule has 0 spiro atoms. The molecular weight excluding hydrogens is 490 g/mol. The fourth-order valence-electron chi connectivity index (χ4n) is 2.24. The number of nitrogens with one attached hydrogen (secondary N) is 4. The monoisotopic (exact) mass is 529 g/mol. The van der Waals surface area contributed by atoms with Gasteiger partial charge in [-0.2, -0.15) is 0 Å². The van der Waals surface area contributed by atoms with Crippen molar-refractivity contribution in [1.82, 2.24) is 21.3 Å². The molecule has 0 fully saturated rings. The van der Waals surface area contributed by atoms with E-state index in [1.54, 1.807) is 0 Å². The maximum atomic E-state index is 11.7. The summed E-state index contributed by atoms with van der Waals surface area (Å²) in [7, 11) is 6.73. The van der Waals surface area contributed by atoms with Gasteiger partial charge in [-0.3, -0.25) is 14.4 Å². The maximum Gasteiger partial charge on any atom is 0.246 e. The number of hydrogen-bond acceptors (Lipinski definition) is 11. The number of likely N-dealkylation sites (N-methyl/N-ethyl adjacent to an activating group) is 1. The van der Waals surface area contributed by atoms with Gasteiger partial charge in [0.1, 0.15) is 25.5 Å². The number of amides is 3. The Bertz CT molecular complexity index is 606. The molecule has 3 amide bonds. The summed E-state index contributed by atoms with van der Waals surface area (Å²) in [6.07, 6.45) is 0. The van der Waals surface area contributed by atoms with E-state index in [4.69, 9.17) is 36.3 Å². The van der Waals surface area contributed by atoms with Crippen molar-refractivity contribution in [2.24, 2.45) is 0 Å². The zero-order valence-electron chi connectivity index (χ0n) is 21.6. The van der Waals surface area contributed by atoms with E-state index in [0.717, 1.165) is 6.54 Å². The highest BCUT2D eigenvalue weighted by Gasteiger charge is 2.05. The fraction of sp³-hybridized carbons (Fsp3) is 0.810. The molecule has 0 aliphatic heterocycles. The smallest absolute Gasteiger partial charge is 0.246 e. The number of carbonyl (C=O) groups excluding carboxylic acids is 4. The van der Waals surface area contributed by atoms with E-state index in [-0.39, 0.29) is 78.9 Å². The zero-order valence-corrected chi connectivity index (χ0v) is 21.6. The van der Waals surface area contributed by atoms with E-state index >= 15 is 0 Å². The first-order valence-electron chi connectivity index (χ1n) is 11.6. The van der Waals surface area contributed by atoms with Crippen molar-refractivity contribution in [2.45, 2.75) is 0 Å². The average molecular weight is 529 g/mol. The van der Waals surface area contributed by atoms with Crippen LogP contribution in [0.5, 0.6) is 0 Å². The Kier molecular flexibility index (Phi) is 28.6. The lowest BCUT2D eigenvalue weighted by atomic mass is 10.1. The fourth-order valence-corrected chi connectivity index (χ4v) is 2.24. The Morgan fingerprint density at radius 3 is 1.16 bits per heavy atom. The molecule has 0 bridgehead atoms. The molecule has 5 radical (unpaired) electrons. The van der Waals surface area contributed by atoms with Gasteiger partial charge in [-0.15, -0.1) is 0 Å². The van der Waals surface area contributed by atoms with Gasteiger partial charge in [0.05, 0.1) is 59.5 Å². The lowest BCUT2D eigenvalue weighted by Crippen LogP contribution is -2.34. The molecule has 0 saturated carbocycles. The maximum absolute atomic E-state index is 11.7. The Hall–Kier alpha value is -2.07. The number of ether oxygens (including phenoxy) is 6. The third kappa shape index (κ3) is 30.0. The summed E-state index contributed by atoms with van der Waals surface area (Å²) in [5, 5.41) is 10.7. The van der Waals surface area contributed by atoms with E-state index in [1.807, 2.05) is 7.05 Å². The van der Waals surface area contributed by atoms with Crippen LogP contribution < -0.4 is 21.3 Å². The van der Waals surface area contributed by atoms with Crippen LogP contribution in [0, 0.1) is 0 Å². The van der Waals surface area contributed by atoms with Crippen LogP contribution >= 0.6 is 0 Å². The molecule has 0 heterocycles. The van der Waals surface area contributed by atoms with Crippen LogP contribution in [0.4, 0.5) is 0 Å². The van der Waals surface area contributed by atoms with Crippen LogP contribution in [0.15, 0.2) is 0 Å². The molecule has 0 aromatic rings. The predicted molar refractivity (Wildman–Crippen MR) is 134 cm³/mol. The Labute approximate surface area is 221 Å². The van der Waals surface area contributed by atoms with Gasteiger partial charge in [-0.25, -0.2) is 0 Å². The van der Waals surface area contributed by atoms with Gasteiger partial charge in [0.15, 0.2) is 7.85 Å². The summed E-state index contributed by atoms with van der Waals surface area (Å²) >= 11 is 0. The molecule has 0 aromatic heterocycles. The third-order valence-corrected chi connectivity index (χ3v) is 3.89. The highest BCUT2D eigenvalue weighted by atomic mass is 16.5. The van der Waals surface area contributed by atoms with Crippen molar-refractivity contribution in [1.29, 1.82) is 0 Å². The molecule has 0 rings (SSSR count). The lowest BCUT2D eigenvalue weighted by Gasteiger charge is -2.09. The van der Waals surface area contributed by atoms with E-state index in [9.17, 15) is 19.2 Å². The summed E-state index contributed by atoms with van der Waals surface area (Å²) in [5.74, 6) is -1.07. The topological polar surface area (TPSA) is 172 Å². The van der Waals surface area contributed by atoms with Gasteiger partial charge in [-0.05, 0) is 7.05 Å². The third-order valence-electron chi connectivity index (χ3n) is 3.89. The molecule has 0 aliphatic carbocycles. The summed E-state index contributed by atoms with van der Waals surface area (Å²) < 4.78 is 31.0. The standard InChI is InChI=1S/C21H39BN4O10.B/c1-23-2-6-31-10-11-32-8-4-25-20(29)16-36-17-21(30)26-5-9-34-13-12-33-7-3-24-19(28)15-35-14-18(22)27;/h23H,2-17H2,1H3,(H,24,28)(H,25,29)(H,26,30);. The molecular formula is C21H39B2N4O10. The zero-order chi connectivity index (χ0) is 26.7. The van der Waals surface area contributed by atoms with E-state index in [0.29, 0.717) is 46.2 Å². The molecule has 0 atom stereocenters. The second kappa shape index (κ2) is 28.5. The molecule has 0 aromatic carbocycles. The van der Waals surface area contributed by atoms with Crippen LogP contribution in [0.3, 0.4) is 0 Å². The van der Waals surface area contributed by atoms with Crippen molar-refractivity contribution < 1.29 is 47.6 Å². The van der Waals surface area contributed by atoms with E-state index < -0.39 is 5.68 Å². The van der Waals surface area contributed by atoms with E-state index in [1.165, 1.54) is 0 Å². The SMILES string of the molecule is [B].[B]C(=O)COCC(=O)NCCOCCOCCNC(=O)COCC(=O)NCCOCCOCCNC. The Morgan fingerprint density at radius 1 is 0.514 bits per heavy atom. The largest absolute Gasteiger partial charge is 0.378 e. The highest BCUT2D eigenvalue weighted by molar-refractivity contribution is 6.58. The van der Waals surface area contributed by atoms with Gasteiger partial charge < -0.3 is 54.5 Å². The van der Waals surface area contributed by atoms with Gasteiger partial charge >= 0.3 is 0 Å². The number of hydrogen-bond donors (Lipinski definition) is 4. The van der Waals surface area contributed by atoms with Crippen LogP contribution in [-0.4, -0.2) is 152 Å². The number of rotatable bonds is 26. The predicted octanol–water partition coefficient (Wildman–Crippen LogP) is -4.03. The number of carbonyl (C=O) groups is 4. The minimum absolute atomic E-state index is 0. The molecule has 4 N–H and O–H groups in total. The van der Waals surface area contributed by atoms with Crippen molar-refractivity contribution in [2.75, 3.05) is 113 Å². The average Bonchev–Trinajstić information content (AvgIpc) is 2.84. The molecule has 37 heavy (non-hydrogen) atoms. The van der Waals surface area contributed by atoms with Crippen molar-refractivity contribution in [3.63, 3.8) is 0 Å². The molecule has 14 nitrogen and oxygen atoms in total. The van der Waals surface area contributed by atoms with Gasteiger partial charge in [0.2, 0.25) is 17.7 Å². The van der Waals surface area contributed by atoms with Gasteiger partial charge in [0, 0.05) is 34.6 Å². The first-order valence-corrected chi connectivity index (χ1v) is 11.6. The van der Waals surface area contributed by atoms with Crippen LogP contribution in [-0.2, 0) is 47.6 Å². The van der Waals surface area contributed by atoms with Crippen molar-refractivity contribution in [3.8, 4) is 0 Å². The highest BCUT2D eigenvalue weighted by Crippen LogP contribution is 1.82. The summed E-state index contributed by atoms with van der Waals surface area (Å²) in [5.41, 5.74) is -0.644. The summed E-state index contributed by atoms with van der Waals surface area (Å²) in [6, 6.07) is 0. The molecule has 0 aliphatic rings. The second-order valence-electron chi connectivity index (χ2n) is 7.05. The molecule has 0 saturated heterocycles. The normalized spacial score (nSPS) is 10.4. The first kappa shape index (κ1) is 37.1. The van der Waals surface area contributed by atoms with E-state index in [2.05, 4.69) is 21.3 Å². The Balaban J connectivity index is 0. The minimum atomic E-state index is -0.644. The first-order chi connectivity index (χ1) is 17.5. The van der Waals surface area contributed by atoms with Crippen molar-refractivity contribution >= 4 is 39.7 Å². The van der Waals surface area contributed by atoms with Gasteiger partial charge in [-0.1, -0.05) is 0 Å². The molecule has 16 heteroatoms. The van der Waals surface area contributed by atoms with Crippen LogP contribution in [0.2, 0.25) is 0 Å². The van der Waals surface area contributed by atoms with Gasteiger partial charge in [0.25, 0.3) is 0 Å². The van der Waals surface area contributed by atoms with Crippen LogP contribution in [0.25, 0.3) is 0 Å². The molecule has 209 valence electrons. The summed E-state index contributed by atoms with van der Waals surface area (Å²) in [6.45, 7) is 3.78. The Morgan fingerprint density at radius 2 is 0.838 bits per heavy atom. The van der Waals surface area contributed by atoms with Crippen molar-refractivity contribution in [3.05, 3.63) is 0 Å².